The zero-order valence-corrected chi connectivity index (χ0v) is 16.9. The van der Waals surface area contributed by atoms with Crippen molar-refractivity contribution in [3.8, 4) is 11.5 Å². The monoisotopic (exact) mass is 438 g/mol. The van der Waals surface area contributed by atoms with E-state index in [-0.39, 0.29) is 24.2 Å². The van der Waals surface area contributed by atoms with Crippen LogP contribution in [0.2, 0.25) is 0 Å². The normalized spacial score (nSPS) is 16.7. The van der Waals surface area contributed by atoms with Gasteiger partial charge >= 0.3 is 0 Å². The van der Waals surface area contributed by atoms with Crippen LogP contribution in [0.1, 0.15) is 11.3 Å². The Morgan fingerprint density at radius 1 is 1.31 bits per heavy atom. The van der Waals surface area contributed by atoms with Crippen LogP contribution in [0, 0.1) is 5.92 Å². The molecule has 3 rings (SSSR count). The second-order valence-electron chi connectivity index (χ2n) is 5.87. The highest BCUT2D eigenvalue weighted by atomic mass is 79.9. The molecule has 1 atom stereocenters. The minimum atomic E-state index is -0.387. The van der Waals surface area contributed by atoms with Crippen LogP contribution in [0.4, 0.5) is 5.69 Å². The van der Waals surface area contributed by atoms with Crippen molar-refractivity contribution >= 4 is 44.8 Å². The van der Waals surface area contributed by atoms with Gasteiger partial charge in [-0.05, 0) is 40.2 Å². The fourth-order valence-corrected chi connectivity index (χ4v) is 4.31. The van der Waals surface area contributed by atoms with Gasteiger partial charge in [0.2, 0.25) is 11.8 Å². The Balaban J connectivity index is 1.69. The molecule has 1 saturated heterocycles. The number of benzene rings is 1. The summed E-state index contributed by atoms with van der Waals surface area (Å²) >= 11 is 4.98. The topological polar surface area (TPSA) is 67.9 Å². The van der Waals surface area contributed by atoms with E-state index >= 15 is 0 Å². The molecule has 138 valence electrons. The van der Waals surface area contributed by atoms with E-state index in [9.17, 15) is 9.59 Å². The molecule has 0 saturated carbocycles. The summed E-state index contributed by atoms with van der Waals surface area (Å²) in [5.74, 6) is 0.595. The Kier molecular flexibility index (Phi) is 5.83. The molecule has 0 radical (unpaired) electrons. The number of nitrogens with one attached hydrogen (secondary N) is 1. The summed E-state index contributed by atoms with van der Waals surface area (Å²) in [6, 6.07) is 9.18. The first-order valence-corrected chi connectivity index (χ1v) is 9.67. The number of thiophene rings is 1. The minimum absolute atomic E-state index is 0.101. The number of anilines is 1. The van der Waals surface area contributed by atoms with Crippen LogP contribution >= 0.6 is 27.3 Å². The summed E-state index contributed by atoms with van der Waals surface area (Å²) in [7, 11) is 3.12. The third kappa shape index (κ3) is 4.02. The van der Waals surface area contributed by atoms with Crippen LogP contribution in [0.5, 0.6) is 11.5 Å². The van der Waals surface area contributed by atoms with Gasteiger partial charge in [0.15, 0.2) is 0 Å². The Morgan fingerprint density at radius 2 is 2.12 bits per heavy atom. The van der Waals surface area contributed by atoms with Crippen LogP contribution in [0.25, 0.3) is 0 Å². The van der Waals surface area contributed by atoms with Gasteiger partial charge in [-0.15, -0.1) is 11.3 Å². The van der Waals surface area contributed by atoms with Crippen molar-refractivity contribution in [2.24, 2.45) is 5.92 Å². The van der Waals surface area contributed by atoms with E-state index in [0.29, 0.717) is 30.3 Å². The molecule has 26 heavy (non-hydrogen) atoms. The summed E-state index contributed by atoms with van der Waals surface area (Å²) < 4.78 is 11.6. The van der Waals surface area contributed by atoms with Crippen molar-refractivity contribution in [2.45, 2.75) is 13.0 Å². The average molecular weight is 439 g/mol. The number of carbonyl (C=O) groups is 2. The van der Waals surface area contributed by atoms with Crippen molar-refractivity contribution < 1.29 is 19.1 Å². The predicted molar refractivity (Wildman–Crippen MR) is 104 cm³/mol. The van der Waals surface area contributed by atoms with Crippen LogP contribution in [0.15, 0.2) is 34.1 Å². The van der Waals surface area contributed by atoms with Crippen molar-refractivity contribution in [1.82, 2.24) is 5.32 Å². The lowest BCUT2D eigenvalue weighted by atomic mass is 10.1. The lowest BCUT2D eigenvalue weighted by molar-refractivity contribution is -0.126. The molecule has 1 aromatic carbocycles. The molecule has 0 bridgehead atoms. The third-order valence-corrected chi connectivity index (χ3v) is 5.86. The highest BCUT2D eigenvalue weighted by Crippen LogP contribution is 2.36. The van der Waals surface area contributed by atoms with Crippen LogP contribution in [-0.2, 0) is 16.1 Å². The van der Waals surface area contributed by atoms with Crippen molar-refractivity contribution in [3.05, 3.63) is 39.0 Å². The van der Waals surface area contributed by atoms with E-state index in [4.69, 9.17) is 9.47 Å². The number of halogens is 1. The van der Waals surface area contributed by atoms with Crippen molar-refractivity contribution in [3.63, 3.8) is 0 Å². The number of amides is 2. The maximum absolute atomic E-state index is 12.5. The van der Waals surface area contributed by atoms with Gasteiger partial charge in [0.1, 0.15) is 11.5 Å². The number of carbonyl (C=O) groups excluding carboxylic acids is 2. The van der Waals surface area contributed by atoms with Gasteiger partial charge in [0.05, 0.1) is 36.2 Å². The van der Waals surface area contributed by atoms with E-state index in [1.807, 2.05) is 12.1 Å². The van der Waals surface area contributed by atoms with Gasteiger partial charge in [-0.25, -0.2) is 0 Å². The second kappa shape index (κ2) is 8.09. The lowest BCUT2D eigenvalue weighted by Crippen LogP contribution is -2.32. The Hall–Kier alpha value is -2.06. The first kappa shape index (κ1) is 18.7. The van der Waals surface area contributed by atoms with Gasteiger partial charge in [0, 0.05) is 23.9 Å². The molecular formula is C18H19BrN2O4S. The van der Waals surface area contributed by atoms with Gasteiger partial charge in [-0.1, -0.05) is 0 Å². The molecule has 0 aliphatic carbocycles. The highest BCUT2D eigenvalue weighted by molar-refractivity contribution is 9.11. The Labute approximate surface area is 164 Å². The molecule has 1 aliphatic heterocycles. The molecule has 0 spiro atoms. The summed E-state index contributed by atoms with van der Waals surface area (Å²) in [5, 5.41) is 2.91. The molecule has 1 fully saturated rings. The highest BCUT2D eigenvalue weighted by Gasteiger charge is 2.36. The van der Waals surface area contributed by atoms with E-state index in [1.165, 1.54) is 0 Å². The number of nitrogens with zero attached hydrogens (tertiary/aromatic N) is 1. The van der Waals surface area contributed by atoms with E-state index in [1.54, 1.807) is 48.7 Å². The summed E-state index contributed by atoms with van der Waals surface area (Å²) in [6.45, 7) is 0.782. The smallest absolute Gasteiger partial charge is 0.227 e. The van der Waals surface area contributed by atoms with Gasteiger partial charge < -0.3 is 19.7 Å². The van der Waals surface area contributed by atoms with Crippen LogP contribution in [0.3, 0.4) is 0 Å². The Bertz CT molecular complexity index is 823. The first-order chi connectivity index (χ1) is 12.5. The molecule has 1 N–H and O–H groups in total. The van der Waals surface area contributed by atoms with Gasteiger partial charge in [-0.3, -0.25) is 9.59 Å². The zero-order valence-electron chi connectivity index (χ0n) is 14.5. The largest absolute Gasteiger partial charge is 0.497 e. The molecule has 8 heteroatoms. The van der Waals surface area contributed by atoms with E-state index in [2.05, 4.69) is 21.2 Å². The number of methoxy groups -OCH3 is 2. The molecule has 1 aliphatic rings. The maximum atomic E-state index is 12.5. The molecule has 1 aromatic heterocycles. The summed E-state index contributed by atoms with van der Waals surface area (Å²) in [5.41, 5.74) is 0.620. The molecule has 1 unspecified atom stereocenters. The SMILES string of the molecule is COc1ccc(OC)c(N2CC(C(=O)NCc3ccc(Br)s3)CC2=O)c1. The average Bonchev–Trinajstić information content (AvgIpc) is 3.24. The fourth-order valence-electron chi connectivity index (χ4n) is 2.89. The van der Waals surface area contributed by atoms with E-state index < -0.39 is 0 Å². The third-order valence-electron chi connectivity index (χ3n) is 4.24. The zero-order chi connectivity index (χ0) is 18.7. The van der Waals surface area contributed by atoms with Crippen LogP contribution < -0.4 is 19.7 Å². The molecule has 2 amide bonds. The Morgan fingerprint density at radius 3 is 2.77 bits per heavy atom. The quantitative estimate of drug-likeness (QED) is 0.751. The number of ether oxygens (including phenoxy) is 2. The lowest BCUT2D eigenvalue weighted by Gasteiger charge is -2.20. The second-order valence-corrected chi connectivity index (χ2v) is 8.41. The predicted octanol–water partition coefficient (Wildman–Crippen LogP) is 3.20. The molecule has 2 aromatic rings. The van der Waals surface area contributed by atoms with Gasteiger partial charge in [-0.2, -0.15) is 0 Å². The number of hydrogen-bond acceptors (Lipinski definition) is 5. The molecule has 6 nitrogen and oxygen atoms in total. The first-order valence-electron chi connectivity index (χ1n) is 8.06. The molecular weight excluding hydrogens is 420 g/mol. The minimum Gasteiger partial charge on any atom is -0.497 e. The van der Waals surface area contributed by atoms with Crippen molar-refractivity contribution in [2.75, 3.05) is 25.7 Å². The van der Waals surface area contributed by atoms with Crippen molar-refractivity contribution in [1.29, 1.82) is 0 Å². The van der Waals surface area contributed by atoms with Gasteiger partial charge in [0.25, 0.3) is 0 Å². The van der Waals surface area contributed by atoms with Crippen LogP contribution in [-0.4, -0.2) is 32.6 Å². The number of hydrogen-bond donors (Lipinski definition) is 1. The van der Waals surface area contributed by atoms with E-state index in [0.717, 1.165) is 8.66 Å². The number of rotatable bonds is 6. The fraction of sp³-hybridized carbons (Fsp3) is 0.333. The summed E-state index contributed by atoms with van der Waals surface area (Å²) in [6.07, 6.45) is 0.181. The molecule has 2 heterocycles. The summed E-state index contributed by atoms with van der Waals surface area (Å²) in [4.78, 5) is 27.6. The standard InChI is InChI=1S/C18H19BrN2O4S/c1-24-12-3-5-15(25-2)14(8-12)21-10-11(7-17(21)22)18(23)20-9-13-4-6-16(19)26-13/h3-6,8,11H,7,9-10H2,1-2H3,(H,20,23). The maximum Gasteiger partial charge on any atom is 0.227 e.